The molecule has 0 bridgehead atoms. The molecule has 23 heavy (non-hydrogen) atoms. The van der Waals surface area contributed by atoms with Crippen LogP contribution in [0.3, 0.4) is 0 Å². The zero-order valence-electron chi connectivity index (χ0n) is 13.3. The van der Waals surface area contributed by atoms with Gasteiger partial charge in [0.05, 0.1) is 17.8 Å². The molecule has 1 aliphatic rings. The number of aromatic nitrogens is 4. The van der Waals surface area contributed by atoms with Gasteiger partial charge in [-0.1, -0.05) is 25.1 Å². The van der Waals surface area contributed by atoms with E-state index in [1.54, 1.807) is 0 Å². The van der Waals surface area contributed by atoms with Gasteiger partial charge in [0.15, 0.2) is 5.82 Å². The van der Waals surface area contributed by atoms with Crippen LogP contribution in [0.5, 0.6) is 0 Å². The van der Waals surface area contributed by atoms with Gasteiger partial charge in [-0.05, 0) is 37.1 Å². The van der Waals surface area contributed by atoms with Crippen molar-refractivity contribution in [2.45, 2.75) is 45.2 Å². The van der Waals surface area contributed by atoms with Crippen molar-refractivity contribution in [3.63, 3.8) is 0 Å². The largest absolute Gasteiger partial charge is 0.338 e. The summed E-state index contributed by atoms with van der Waals surface area (Å²) >= 11 is 1.26. The molecule has 0 spiro atoms. The van der Waals surface area contributed by atoms with Gasteiger partial charge in [-0.15, -0.1) is 0 Å². The summed E-state index contributed by atoms with van der Waals surface area (Å²) in [6, 6.07) is 6.52. The van der Waals surface area contributed by atoms with Crippen molar-refractivity contribution in [1.29, 1.82) is 0 Å². The Morgan fingerprint density at radius 2 is 2.17 bits per heavy atom. The lowest BCUT2D eigenvalue weighted by atomic mass is 10.1. The van der Waals surface area contributed by atoms with Gasteiger partial charge >= 0.3 is 0 Å². The number of hydrogen-bond acceptors (Lipinski definition) is 7. The molecule has 2 aromatic heterocycles. The van der Waals surface area contributed by atoms with Gasteiger partial charge in [-0.2, -0.15) is 13.7 Å². The summed E-state index contributed by atoms with van der Waals surface area (Å²) in [7, 11) is 0. The fraction of sp³-hybridized carbons (Fsp3) is 0.500. The molecule has 3 heterocycles. The Bertz CT molecular complexity index is 812. The summed E-state index contributed by atoms with van der Waals surface area (Å²) < 4.78 is 14.1. The van der Waals surface area contributed by atoms with Gasteiger partial charge in [-0.25, -0.2) is 0 Å². The number of rotatable bonds is 4. The van der Waals surface area contributed by atoms with Crippen molar-refractivity contribution in [2.24, 2.45) is 0 Å². The second-order valence-corrected chi connectivity index (χ2v) is 6.89. The van der Waals surface area contributed by atoms with Crippen molar-refractivity contribution in [2.75, 3.05) is 6.54 Å². The van der Waals surface area contributed by atoms with Crippen LogP contribution < -0.4 is 0 Å². The smallest absolute Gasteiger partial charge is 0.244 e. The fourth-order valence-corrected chi connectivity index (χ4v) is 3.59. The first-order valence-electron chi connectivity index (χ1n) is 7.99. The van der Waals surface area contributed by atoms with E-state index in [9.17, 15) is 0 Å². The average molecular weight is 329 g/mol. The summed E-state index contributed by atoms with van der Waals surface area (Å²) in [5, 5.41) is 4.11. The summed E-state index contributed by atoms with van der Waals surface area (Å²) in [6.07, 6.45) is 2.23. The summed E-state index contributed by atoms with van der Waals surface area (Å²) in [6.45, 7) is 6.09. The van der Waals surface area contributed by atoms with Crippen molar-refractivity contribution >= 4 is 22.8 Å². The van der Waals surface area contributed by atoms with E-state index < -0.39 is 0 Å². The average Bonchev–Trinajstić information content (AvgIpc) is 3.26. The number of hydrogen-bond donors (Lipinski definition) is 0. The Kier molecular flexibility index (Phi) is 3.82. The Morgan fingerprint density at radius 3 is 3.00 bits per heavy atom. The molecule has 4 rings (SSSR count). The highest BCUT2D eigenvalue weighted by atomic mass is 32.1. The van der Waals surface area contributed by atoms with Gasteiger partial charge < -0.3 is 4.52 Å². The van der Waals surface area contributed by atoms with E-state index >= 15 is 0 Å². The SMILES string of the molecule is CC(C)c1noc([C@H]2CCCN2Cc2ccc3nsnc3c2)n1. The van der Waals surface area contributed by atoms with Crippen LogP contribution in [0.4, 0.5) is 0 Å². The van der Waals surface area contributed by atoms with Gasteiger partial charge in [0, 0.05) is 12.5 Å². The van der Waals surface area contributed by atoms with Crippen LogP contribution in [-0.4, -0.2) is 30.3 Å². The minimum atomic E-state index is 0.222. The summed E-state index contributed by atoms with van der Waals surface area (Å²) in [4.78, 5) is 7.00. The van der Waals surface area contributed by atoms with Crippen molar-refractivity contribution in [3.8, 4) is 0 Å². The Labute approximate surface area is 138 Å². The molecule has 0 unspecified atom stereocenters. The third-order valence-corrected chi connectivity index (χ3v) is 4.88. The Balaban J connectivity index is 1.54. The van der Waals surface area contributed by atoms with Gasteiger partial charge in [-0.3, -0.25) is 4.90 Å². The molecule has 6 nitrogen and oxygen atoms in total. The quantitative estimate of drug-likeness (QED) is 0.729. The highest BCUT2D eigenvalue weighted by Gasteiger charge is 2.31. The molecular weight excluding hydrogens is 310 g/mol. The van der Waals surface area contributed by atoms with Crippen LogP contribution in [0.2, 0.25) is 0 Å². The lowest BCUT2D eigenvalue weighted by Crippen LogP contribution is -2.23. The first-order valence-corrected chi connectivity index (χ1v) is 8.72. The maximum Gasteiger partial charge on any atom is 0.244 e. The maximum atomic E-state index is 5.51. The molecule has 1 aliphatic heterocycles. The van der Waals surface area contributed by atoms with Crippen LogP contribution in [0.1, 0.15) is 55.9 Å². The standard InChI is InChI=1S/C16H19N5OS/c1-10(2)15-17-16(22-18-15)14-4-3-7-21(14)9-11-5-6-12-13(8-11)20-23-19-12/h5-6,8,10,14H,3-4,7,9H2,1-2H3/t14-/m1/s1. The second kappa shape index (κ2) is 5.98. The molecule has 1 atom stereocenters. The molecule has 120 valence electrons. The molecule has 1 fully saturated rings. The van der Waals surface area contributed by atoms with Crippen LogP contribution in [0.25, 0.3) is 11.0 Å². The van der Waals surface area contributed by atoms with Gasteiger partial charge in [0.25, 0.3) is 0 Å². The number of benzene rings is 1. The van der Waals surface area contributed by atoms with E-state index in [0.29, 0.717) is 5.92 Å². The minimum Gasteiger partial charge on any atom is -0.338 e. The Hall–Kier alpha value is -1.86. The van der Waals surface area contributed by atoms with E-state index in [0.717, 1.165) is 48.7 Å². The molecular formula is C16H19N5OS. The van der Waals surface area contributed by atoms with Gasteiger partial charge in [0.2, 0.25) is 5.89 Å². The van der Waals surface area contributed by atoms with E-state index in [1.807, 2.05) is 6.07 Å². The Morgan fingerprint density at radius 1 is 1.30 bits per heavy atom. The second-order valence-electron chi connectivity index (χ2n) is 6.36. The topological polar surface area (TPSA) is 67.9 Å². The number of nitrogens with zero attached hydrogens (tertiary/aromatic N) is 5. The molecule has 1 saturated heterocycles. The zero-order valence-corrected chi connectivity index (χ0v) is 14.1. The number of likely N-dealkylation sites (tertiary alicyclic amines) is 1. The molecule has 0 amide bonds. The normalized spacial score (nSPS) is 19.2. The van der Waals surface area contributed by atoms with Crippen LogP contribution in [0, 0.1) is 0 Å². The minimum absolute atomic E-state index is 0.222. The van der Waals surface area contributed by atoms with Crippen molar-refractivity contribution in [3.05, 3.63) is 35.5 Å². The number of fused-ring (bicyclic) bond motifs is 1. The van der Waals surface area contributed by atoms with E-state index in [-0.39, 0.29) is 6.04 Å². The molecule has 0 radical (unpaired) electrons. The maximum absolute atomic E-state index is 5.51. The predicted molar refractivity (Wildman–Crippen MR) is 88.2 cm³/mol. The first kappa shape index (κ1) is 14.7. The third-order valence-electron chi connectivity index (χ3n) is 4.33. The predicted octanol–water partition coefficient (Wildman–Crippen LogP) is 3.53. The monoisotopic (exact) mass is 329 g/mol. The molecule has 1 aromatic carbocycles. The van der Waals surface area contributed by atoms with Crippen LogP contribution in [0.15, 0.2) is 22.7 Å². The molecule has 0 N–H and O–H groups in total. The first-order chi connectivity index (χ1) is 11.2. The zero-order chi connectivity index (χ0) is 15.8. The lowest BCUT2D eigenvalue weighted by Gasteiger charge is -2.21. The highest BCUT2D eigenvalue weighted by molar-refractivity contribution is 7.00. The highest BCUT2D eigenvalue weighted by Crippen LogP contribution is 2.33. The molecule has 3 aromatic rings. The summed E-state index contributed by atoms with van der Waals surface area (Å²) in [5.41, 5.74) is 3.19. The van der Waals surface area contributed by atoms with Crippen LogP contribution >= 0.6 is 11.7 Å². The van der Waals surface area contributed by atoms with Crippen LogP contribution in [-0.2, 0) is 6.54 Å². The summed E-state index contributed by atoms with van der Waals surface area (Å²) in [5.74, 6) is 1.84. The van der Waals surface area contributed by atoms with Crippen molar-refractivity contribution in [1.82, 2.24) is 23.8 Å². The van der Waals surface area contributed by atoms with E-state index in [4.69, 9.17) is 4.52 Å². The van der Waals surface area contributed by atoms with Crippen molar-refractivity contribution < 1.29 is 4.52 Å². The van der Waals surface area contributed by atoms with Gasteiger partial charge in [0.1, 0.15) is 11.0 Å². The fourth-order valence-electron chi connectivity index (χ4n) is 3.07. The molecule has 7 heteroatoms. The van der Waals surface area contributed by atoms with E-state index in [2.05, 4.69) is 49.8 Å². The molecule has 0 aliphatic carbocycles. The lowest BCUT2D eigenvalue weighted by molar-refractivity contribution is 0.201. The van der Waals surface area contributed by atoms with E-state index in [1.165, 1.54) is 17.3 Å². The third kappa shape index (κ3) is 2.86. The molecule has 0 saturated carbocycles.